The first-order chi connectivity index (χ1) is 13.7. The van der Waals surface area contributed by atoms with Gasteiger partial charge in [-0.15, -0.1) is 0 Å². The van der Waals surface area contributed by atoms with Crippen molar-refractivity contribution in [1.82, 2.24) is 0 Å². The van der Waals surface area contributed by atoms with Crippen LogP contribution in [0.15, 0.2) is 41.4 Å². The third-order valence-corrected chi connectivity index (χ3v) is 3.73. The lowest BCUT2D eigenvalue weighted by Gasteiger charge is -2.15. The molecule has 28 heavy (non-hydrogen) atoms. The summed E-state index contributed by atoms with van der Waals surface area (Å²) in [7, 11) is 3.65. The summed E-state index contributed by atoms with van der Waals surface area (Å²) in [6.07, 6.45) is 4.83. The van der Waals surface area contributed by atoms with Crippen molar-refractivity contribution in [3.63, 3.8) is 0 Å². The second-order valence-electron chi connectivity index (χ2n) is 5.64. The summed E-state index contributed by atoms with van der Waals surface area (Å²) < 4.78 is 16.7. The smallest absolute Gasteiger partial charge is 0.120 e. The fourth-order valence-electron chi connectivity index (χ4n) is 2.39. The fraction of sp³-hybridized carbons (Fsp3) is 0.522. The molecule has 1 aromatic carbocycles. The van der Waals surface area contributed by atoms with Crippen LogP contribution in [0.4, 0.5) is 5.69 Å². The Kier molecular flexibility index (Phi) is 15.7. The maximum absolute atomic E-state index is 5.81. The van der Waals surface area contributed by atoms with Crippen LogP contribution in [0.2, 0.25) is 0 Å². The molecule has 0 aliphatic carbocycles. The first kappa shape index (κ1) is 25.9. The quantitative estimate of drug-likeness (QED) is 0.284. The molecule has 0 radical (unpaired) electrons. The second-order valence-corrected chi connectivity index (χ2v) is 5.64. The van der Waals surface area contributed by atoms with E-state index in [-0.39, 0.29) is 0 Å². The minimum atomic E-state index is 0.492. The Morgan fingerprint density at radius 1 is 1.11 bits per heavy atom. The lowest BCUT2D eigenvalue weighted by molar-refractivity contribution is 0.0366. The summed E-state index contributed by atoms with van der Waals surface area (Å²) in [4.78, 5) is 4.10. The summed E-state index contributed by atoms with van der Waals surface area (Å²) in [5.74, 6) is 0.787. The highest BCUT2D eigenvalue weighted by Crippen LogP contribution is 2.31. The van der Waals surface area contributed by atoms with E-state index < -0.39 is 0 Å². The van der Waals surface area contributed by atoms with Gasteiger partial charge in [-0.05, 0) is 42.7 Å². The maximum atomic E-state index is 5.81. The molecule has 5 heteroatoms. The van der Waals surface area contributed by atoms with Crippen LogP contribution in [0, 0.1) is 0 Å². The van der Waals surface area contributed by atoms with Crippen LogP contribution in [0.25, 0.3) is 5.57 Å². The number of rotatable bonds is 13. The normalized spacial score (nSPS) is 11.1. The van der Waals surface area contributed by atoms with Gasteiger partial charge in [0.25, 0.3) is 0 Å². The Balaban J connectivity index is 0.00000352. The molecule has 0 aliphatic rings. The Bertz CT molecular complexity index is 610. The van der Waals surface area contributed by atoms with Crippen molar-refractivity contribution in [2.24, 2.45) is 4.99 Å². The average molecular weight is 391 g/mol. The number of nitrogens with zero attached hydrogens (tertiary/aromatic N) is 1. The van der Waals surface area contributed by atoms with Gasteiger partial charge in [-0.25, -0.2) is 0 Å². The van der Waals surface area contributed by atoms with Crippen molar-refractivity contribution in [2.75, 3.05) is 52.4 Å². The topological polar surface area (TPSA) is 52.1 Å². The molecular formula is C23H38N2O3. The van der Waals surface area contributed by atoms with Crippen molar-refractivity contribution in [2.45, 2.75) is 34.1 Å². The summed E-state index contributed by atoms with van der Waals surface area (Å²) >= 11 is 0. The standard InChI is InChI=1S/C21H32N2O3.C2H6/c1-6-10-24-11-12-25-13-14-26-19-8-9-21(23-5)20(15-19)17(3)18(7-2)16-22-4;1-2/h7-9,15-16,23H,3,6,10-14H2,1-2,4-5H3;1-2H3/b18-7+,22-16?;. The van der Waals surface area contributed by atoms with E-state index in [1.165, 1.54) is 0 Å². The van der Waals surface area contributed by atoms with Crippen molar-refractivity contribution < 1.29 is 14.2 Å². The molecule has 0 heterocycles. The molecule has 158 valence electrons. The Morgan fingerprint density at radius 3 is 2.32 bits per heavy atom. The third-order valence-electron chi connectivity index (χ3n) is 3.73. The van der Waals surface area contributed by atoms with E-state index in [1.807, 2.05) is 58.3 Å². The van der Waals surface area contributed by atoms with E-state index in [2.05, 4.69) is 23.8 Å². The molecule has 1 N–H and O–H groups in total. The molecule has 0 saturated heterocycles. The lowest BCUT2D eigenvalue weighted by Crippen LogP contribution is -2.11. The highest BCUT2D eigenvalue weighted by atomic mass is 16.5. The third kappa shape index (κ3) is 9.72. The van der Waals surface area contributed by atoms with E-state index in [1.54, 1.807) is 7.05 Å². The molecule has 1 rings (SSSR count). The zero-order chi connectivity index (χ0) is 21.2. The number of ether oxygens (including phenoxy) is 3. The van der Waals surface area contributed by atoms with Gasteiger partial charge in [0, 0.05) is 38.2 Å². The van der Waals surface area contributed by atoms with E-state index in [0.29, 0.717) is 26.4 Å². The van der Waals surface area contributed by atoms with Gasteiger partial charge in [0.15, 0.2) is 0 Å². The number of hydrogen-bond donors (Lipinski definition) is 1. The van der Waals surface area contributed by atoms with Gasteiger partial charge in [0.05, 0.1) is 19.8 Å². The fourth-order valence-corrected chi connectivity index (χ4v) is 2.39. The Morgan fingerprint density at radius 2 is 1.75 bits per heavy atom. The molecule has 0 unspecified atom stereocenters. The molecule has 0 fully saturated rings. The second kappa shape index (κ2) is 17.0. The first-order valence-corrected chi connectivity index (χ1v) is 10.1. The van der Waals surface area contributed by atoms with Gasteiger partial charge in [-0.1, -0.05) is 33.4 Å². The lowest BCUT2D eigenvalue weighted by atomic mass is 9.98. The Hall–Kier alpha value is -2.11. The van der Waals surface area contributed by atoms with Gasteiger partial charge in [-0.2, -0.15) is 0 Å². The van der Waals surface area contributed by atoms with E-state index in [0.717, 1.165) is 41.2 Å². The minimum absolute atomic E-state index is 0.492. The largest absolute Gasteiger partial charge is 0.491 e. The maximum Gasteiger partial charge on any atom is 0.120 e. The average Bonchev–Trinajstić information content (AvgIpc) is 2.74. The number of aliphatic imine (C=N–C) groups is 1. The summed E-state index contributed by atoms with van der Waals surface area (Å²) in [6, 6.07) is 5.92. The molecule has 0 aliphatic heterocycles. The zero-order valence-corrected chi connectivity index (χ0v) is 18.5. The van der Waals surface area contributed by atoms with Crippen molar-refractivity contribution in [1.29, 1.82) is 0 Å². The van der Waals surface area contributed by atoms with E-state index >= 15 is 0 Å². The summed E-state index contributed by atoms with van der Waals surface area (Å²) in [6.45, 7) is 15.3. The molecule has 5 nitrogen and oxygen atoms in total. The SMILES string of the molecule is C=C(/C(C=NC)=C/C)c1cc(OCCOCCOCCC)ccc1NC.CC. The van der Waals surface area contributed by atoms with Gasteiger partial charge >= 0.3 is 0 Å². The van der Waals surface area contributed by atoms with Crippen LogP contribution >= 0.6 is 0 Å². The van der Waals surface area contributed by atoms with Crippen LogP contribution in [-0.4, -0.2) is 53.3 Å². The van der Waals surface area contributed by atoms with Crippen LogP contribution < -0.4 is 10.1 Å². The predicted octanol–water partition coefficient (Wildman–Crippen LogP) is 5.24. The highest BCUT2D eigenvalue weighted by Gasteiger charge is 2.10. The van der Waals surface area contributed by atoms with Crippen LogP contribution in [-0.2, 0) is 9.47 Å². The van der Waals surface area contributed by atoms with Crippen LogP contribution in [0.3, 0.4) is 0 Å². The summed E-state index contributed by atoms with van der Waals surface area (Å²) in [5, 5.41) is 3.20. The molecule has 0 amide bonds. The first-order valence-electron chi connectivity index (χ1n) is 10.1. The number of anilines is 1. The molecule has 0 atom stereocenters. The molecule has 0 spiro atoms. The van der Waals surface area contributed by atoms with Gasteiger partial charge in [0.1, 0.15) is 12.4 Å². The number of allylic oxidation sites excluding steroid dienone is 3. The predicted molar refractivity (Wildman–Crippen MR) is 122 cm³/mol. The van der Waals surface area contributed by atoms with E-state index in [4.69, 9.17) is 14.2 Å². The monoisotopic (exact) mass is 390 g/mol. The summed E-state index contributed by atoms with van der Waals surface area (Å²) in [5.41, 5.74) is 3.87. The molecule has 0 saturated carbocycles. The highest BCUT2D eigenvalue weighted by molar-refractivity contribution is 6.02. The van der Waals surface area contributed by atoms with Gasteiger partial charge < -0.3 is 19.5 Å². The van der Waals surface area contributed by atoms with Crippen molar-refractivity contribution in [3.8, 4) is 5.75 Å². The molecular weight excluding hydrogens is 352 g/mol. The van der Waals surface area contributed by atoms with Crippen LogP contribution in [0.5, 0.6) is 5.75 Å². The number of nitrogens with one attached hydrogen (secondary N) is 1. The molecule has 1 aromatic rings. The van der Waals surface area contributed by atoms with Gasteiger partial charge in [-0.3, -0.25) is 4.99 Å². The number of benzene rings is 1. The minimum Gasteiger partial charge on any atom is -0.491 e. The van der Waals surface area contributed by atoms with Crippen molar-refractivity contribution >= 4 is 17.5 Å². The van der Waals surface area contributed by atoms with E-state index in [9.17, 15) is 0 Å². The van der Waals surface area contributed by atoms with Gasteiger partial charge in [0.2, 0.25) is 0 Å². The molecule has 0 aromatic heterocycles. The zero-order valence-electron chi connectivity index (χ0n) is 18.5. The Labute approximate surface area is 171 Å². The number of hydrogen-bond acceptors (Lipinski definition) is 5. The molecule has 0 bridgehead atoms. The van der Waals surface area contributed by atoms with Crippen LogP contribution in [0.1, 0.15) is 39.7 Å². The van der Waals surface area contributed by atoms with Crippen molar-refractivity contribution in [3.05, 3.63) is 42.0 Å².